The van der Waals surface area contributed by atoms with E-state index in [2.05, 4.69) is 37.1 Å². The second kappa shape index (κ2) is 15.2. The molecule has 1 amide bonds. The molecule has 1 heterocycles. The van der Waals surface area contributed by atoms with Crippen LogP contribution in [0.2, 0.25) is 0 Å². The minimum atomic E-state index is -0.688. The highest BCUT2D eigenvalue weighted by atomic mass is 79.9. The summed E-state index contributed by atoms with van der Waals surface area (Å²) in [7, 11) is 0. The minimum Gasteiger partial charge on any atom is -0.483 e. The van der Waals surface area contributed by atoms with Crippen molar-refractivity contribution in [2.45, 2.75) is 26.5 Å². The molecule has 45 heavy (non-hydrogen) atoms. The Labute approximate surface area is 270 Å². The maximum absolute atomic E-state index is 13.2. The molecule has 1 aliphatic rings. The van der Waals surface area contributed by atoms with Gasteiger partial charge in [-0.3, -0.25) is 14.9 Å². The van der Waals surface area contributed by atoms with Gasteiger partial charge in [0.05, 0.1) is 33.8 Å². The van der Waals surface area contributed by atoms with Crippen LogP contribution in [0.1, 0.15) is 36.6 Å². The summed E-state index contributed by atoms with van der Waals surface area (Å²) in [5.41, 5.74) is 4.32. The molecule has 4 rings (SSSR count). The zero-order chi connectivity index (χ0) is 32.5. The van der Waals surface area contributed by atoms with Crippen molar-refractivity contribution in [3.63, 3.8) is 0 Å². The number of ether oxygens (including phenoxy) is 3. The maximum atomic E-state index is 13.2. The van der Waals surface area contributed by atoms with Gasteiger partial charge in [-0.2, -0.15) is 5.10 Å². The van der Waals surface area contributed by atoms with Crippen LogP contribution in [0.25, 0.3) is 0 Å². The van der Waals surface area contributed by atoms with Crippen LogP contribution in [0.4, 0.5) is 10.1 Å². The van der Waals surface area contributed by atoms with Gasteiger partial charge >= 0.3 is 11.7 Å². The van der Waals surface area contributed by atoms with Gasteiger partial charge in [-0.05, 0) is 71.8 Å². The third-order valence-electron chi connectivity index (χ3n) is 6.30. The zero-order valence-electron chi connectivity index (χ0n) is 24.0. The number of hydrazone groups is 1. The lowest BCUT2D eigenvalue weighted by atomic mass is 9.95. The van der Waals surface area contributed by atoms with E-state index in [4.69, 9.17) is 26.4 Å². The van der Waals surface area contributed by atoms with Gasteiger partial charge in [0, 0.05) is 22.9 Å². The van der Waals surface area contributed by atoms with E-state index in [9.17, 15) is 24.1 Å². The van der Waals surface area contributed by atoms with Crippen molar-refractivity contribution >= 4 is 57.0 Å². The van der Waals surface area contributed by atoms with Crippen LogP contribution in [-0.4, -0.2) is 41.3 Å². The molecular formula is C30H27BrFN5O7S. The molecule has 1 aliphatic heterocycles. The molecule has 15 heteroatoms. The Morgan fingerprint density at radius 2 is 1.91 bits per heavy atom. The summed E-state index contributed by atoms with van der Waals surface area (Å²) in [6.45, 7) is 3.15. The van der Waals surface area contributed by atoms with Gasteiger partial charge in [0.15, 0.2) is 11.7 Å². The Bertz CT molecular complexity index is 1680. The normalized spacial score (nSPS) is 14.4. The fraction of sp³-hybridized carbons (Fsp3) is 0.200. The van der Waals surface area contributed by atoms with Gasteiger partial charge in [-0.1, -0.05) is 30.3 Å². The Morgan fingerprint density at radius 1 is 1.18 bits per heavy atom. The van der Waals surface area contributed by atoms with Gasteiger partial charge in [0.1, 0.15) is 18.2 Å². The molecule has 12 nitrogen and oxygen atoms in total. The highest BCUT2D eigenvalue weighted by molar-refractivity contribution is 9.10. The third kappa shape index (κ3) is 8.61. The molecule has 0 radical (unpaired) electrons. The Kier molecular flexibility index (Phi) is 11.2. The molecule has 3 aromatic carbocycles. The number of para-hydroxylation sites is 1. The van der Waals surface area contributed by atoms with E-state index in [0.717, 1.165) is 0 Å². The largest absolute Gasteiger partial charge is 0.483 e. The Balaban J connectivity index is 1.42. The SMILES string of the molecule is CCOC(=O)C1=C(C)NC(=S)N[C@@H]1c1ccccc1OCC(=O)NN=Cc1cc(Br)c(OCc2ccc(F)cc2)c([N+](=O)[O-])c1. The van der Waals surface area contributed by atoms with Crippen LogP contribution in [0.5, 0.6) is 11.5 Å². The fourth-order valence-electron chi connectivity index (χ4n) is 4.30. The Morgan fingerprint density at radius 3 is 2.62 bits per heavy atom. The molecule has 0 aliphatic carbocycles. The van der Waals surface area contributed by atoms with Crippen LogP contribution in [-0.2, 0) is 20.9 Å². The first-order valence-electron chi connectivity index (χ1n) is 13.4. The van der Waals surface area contributed by atoms with Crippen molar-refractivity contribution in [1.82, 2.24) is 16.1 Å². The number of hydrogen-bond acceptors (Lipinski definition) is 9. The number of rotatable bonds is 12. The lowest BCUT2D eigenvalue weighted by molar-refractivity contribution is -0.386. The number of hydrogen-bond donors (Lipinski definition) is 3. The summed E-state index contributed by atoms with van der Waals surface area (Å²) in [6.07, 6.45) is 1.23. The number of allylic oxidation sites excluding steroid dienone is 1. The lowest BCUT2D eigenvalue weighted by Gasteiger charge is -2.30. The minimum absolute atomic E-state index is 0.0160. The molecule has 3 N–H and O–H groups in total. The van der Waals surface area contributed by atoms with Gasteiger partial charge in [0.2, 0.25) is 5.75 Å². The van der Waals surface area contributed by atoms with E-state index in [1.165, 1.54) is 42.6 Å². The van der Waals surface area contributed by atoms with Crippen LogP contribution in [0, 0.1) is 15.9 Å². The van der Waals surface area contributed by atoms with E-state index in [-0.39, 0.29) is 29.1 Å². The number of halogens is 2. The van der Waals surface area contributed by atoms with E-state index < -0.39 is 35.3 Å². The molecule has 0 saturated carbocycles. The van der Waals surface area contributed by atoms with Gasteiger partial charge in [-0.15, -0.1) is 0 Å². The summed E-state index contributed by atoms with van der Waals surface area (Å²) in [4.78, 5) is 36.4. The van der Waals surface area contributed by atoms with Crippen LogP contribution in [0.3, 0.4) is 0 Å². The van der Waals surface area contributed by atoms with E-state index in [1.807, 2.05) is 0 Å². The van der Waals surface area contributed by atoms with E-state index >= 15 is 0 Å². The third-order valence-corrected chi connectivity index (χ3v) is 7.10. The first kappa shape index (κ1) is 33.0. The van der Waals surface area contributed by atoms with Gasteiger partial charge in [-0.25, -0.2) is 14.6 Å². The predicted octanol–water partition coefficient (Wildman–Crippen LogP) is 4.96. The quantitative estimate of drug-likeness (QED) is 0.0777. The van der Waals surface area contributed by atoms with Crippen molar-refractivity contribution < 1.29 is 33.1 Å². The molecule has 0 spiro atoms. The highest BCUT2D eigenvalue weighted by Gasteiger charge is 2.32. The molecule has 0 saturated heterocycles. The van der Waals surface area contributed by atoms with Gasteiger partial charge in [0.25, 0.3) is 5.91 Å². The topological polar surface area (TPSA) is 153 Å². The molecule has 1 atom stereocenters. The van der Waals surface area contributed by atoms with Crippen molar-refractivity contribution in [2.24, 2.45) is 5.10 Å². The summed E-state index contributed by atoms with van der Waals surface area (Å²) in [5, 5.41) is 21.9. The van der Waals surface area contributed by atoms with E-state index in [1.54, 1.807) is 38.1 Å². The summed E-state index contributed by atoms with van der Waals surface area (Å²) in [6, 6.07) is 14.5. The van der Waals surface area contributed by atoms with Crippen molar-refractivity contribution in [3.05, 3.63) is 109 Å². The van der Waals surface area contributed by atoms with Crippen LogP contribution >= 0.6 is 28.1 Å². The highest BCUT2D eigenvalue weighted by Crippen LogP contribution is 2.37. The second-order valence-electron chi connectivity index (χ2n) is 9.43. The summed E-state index contributed by atoms with van der Waals surface area (Å²) >= 11 is 8.57. The van der Waals surface area contributed by atoms with Gasteiger partial charge < -0.3 is 24.8 Å². The smallest absolute Gasteiger partial charge is 0.338 e. The number of esters is 1. The molecule has 3 aromatic rings. The first-order chi connectivity index (χ1) is 21.6. The second-order valence-corrected chi connectivity index (χ2v) is 10.7. The zero-order valence-corrected chi connectivity index (χ0v) is 26.4. The lowest BCUT2D eigenvalue weighted by Crippen LogP contribution is -2.45. The molecule has 0 unspecified atom stereocenters. The van der Waals surface area contributed by atoms with Crippen molar-refractivity contribution in [2.75, 3.05) is 13.2 Å². The number of amides is 1. The predicted molar refractivity (Wildman–Crippen MR) is 170 cm³/mol. The monoisotopic (exact) mass is 699 g/mol. The number of nitrogens with zero attached hydrogens (tertiary/aromatic N) is 2. The summed E-state index contributed by atoms with van der Waals surface area (Å²) in [5.74, 6) is -1.24. The summed E-state index contributed by atoms with van der Waals surface area (Å²) < 4.78 is 30.1. The van der Waals surface area contributed by atoms with E-state index in [0.29, 0.717) is 38.8 Å². The molecule has 0 aromatic heterocycles. The average molecular weight is 701 g/mol. The number of nitro groups is 1. The number of benzene rings is 3. The average Bonchev–Trinajstić information content (AvgIpc) is 3.00. The molecule has 0 fully saturated rings. The number of carbonyl (C=O) groups excluding carboxylic acids is 2. The number of nitro benzene ring substituents is 1. The van der Waals surface area contributed by atoms with Crippen LogP contribution < -0.4 is 25.5 Å². The van der Waals surface area contributed by atoms with Crippen molar-refractivity contribution in [1.29, 1.82) is 0 Å². The number of nitrogens with one attached hydrogen (secondary N) is 3. The number of carbonyl (C=O) groups is 2. The molecular weight excluding hydrogens is 673 g/mol. The maximum Gasteiger partial charge on any atom is 0.338 e. The van der Waals surface area contributed by atoms with Crippen LogP contribution in [0.15, 0.2) is 81.5 Å². The number of thiocarbonyl (C=S) groups is 1. The van der Waals surface area contributed by atoms with Crippen molar-refractivity contribution in [3.8, 4) is 11.5 Å². The first-order valence-corrected chi connectivity index (χ1v) is 14.6. The molecule has 0 bridgehead atoms. The fourth-order valence-corrected chi connectivity index (χ4v) is 5.15. The standard InChI is InChI=1S/C30H27BrFN5O7S/c1-3-42-29(39)26-17(2)34-30(45)35-27(26)21-6-4-5-7-24(21)43-16-25(38)36-33-14-19-12-22(31)28(23(13-19)37(40)41)44-15-18-8-10-20(32)11-9-18/h4-14,27H,3,15-16H2,1-2H3,(H,36,38)(H2,34,35,45)/t27-/m1/s1. The molecule has 234 valence electrons. The Hall–Kier alpha value is -4.89.